The Morgan fingerprint density at radius 3 is 0.693 bits per heavy atom. The summed E-state index contributed by atoms with van der Waals surface area (Å²) < 4.78 is 142. The first-order chi connectivity index (χ1) is 40.7. The molecule has 88 heavy (non-hydrogen) atoms. The van der Waals surface area contributed by atoms with Crippen molar-refractivity contribution in [3.8, 4) is 0 Å². The van der Waals surface area contributed by atoms with E-state index in [9.17, 15) is 9.59 Å². The number of nitrogens with zero attached hydrogens (tertiary/aromatic N) is 2. The van der Waals surface area contributed by atoms with Crippen LogP contribution in [0.4, 0.5) is 46.5 Å². The van der Waals surface area contributed by atoms with E-state index in [2.05, 4.69) is 9.47 Å². The number of benzene rings is 10. The van der Waals surface area contributed by atoms with Crippen molar-refractivity contribution in [3.05, 3.63) is 300 Å². The standard InChI is InChI=1S/2C33H25F4NO2P2.3ClH.Rh/c2*1-40-33(39)27-28(34)30(36)32(31(37)29(27)35)38-42(25-18-10-4-11-19-25,26-20-12-5-13-21-26)22-41(23-14-6-2-7-15-23)24-16-8-3-9-17-24;;;;/h2*2-21H,22H2,1H3;3*1H;/q;;;;;+3/p-3. The van der Waals surface area contributed by atoms with Crippen molar-refractivity contribution in [2.75, 3.05) is 26.0 Å². The van der Waals surface area contributed by atoms with Gasteiger partial charge in [0.15, 0.2) is 46.5 Å². The Hall–Kier alpha value is -6.61. The monoisotopic (exact) mass is 1420 g/mol. The third kappa shape index (κ3) is 15.5. The largest absolute Gasteiger partial charge is 3.00 e. The van der Waals surface area contributed by atoms with Gasteiger partial charge in [0.25, 0.3) is 0 Å². The maximum atomic E-state index is 15.7. The fraction of sp³-hybridized carbons (Fsp3) is 0.0606. The molecule has 0 amide bonds. The molecular weight excluding hydrogens is 1370 g/mol. The van der Waals surface area contributed by atoms with Crippen molar-refractivity contribution in [3.63, 3.8) is 0 Å². The van der Waals surface area contributed by atoms with Gasteiger partial charge in [-0.3, -0.25) is 9.49 Å². The third-order valence-electron chi connectivity index (χ3n) is 13.5. The summed E-state index contributed by atoms with van der Waals surface area (Å²) in [6.45, 7) is 0. The quantitative estimate of drug-likeness (QED) is 0.0379. The number of rotatable bonds is 16. The van der Waals surface area contributed by atoms with Gasteiger partial charge < -0.3 is 46.7 Å². The van der Waals surface area contributed by atoms with Crippen LogP contribution < -0.4 is 79.7 Å². The maximum Gasteiger partial charge on any atom is 3.00 e. The fourth-order valence-corrected chi connectivity index (χ4v) is 25.9. The average Bonchev–Trinajstić information content (AvgIpc) is 0.901. The summed E-state index contributed by atoms with van der Waals surface area (Å²) in [5.74, 6) is -16.9. The number of ether oxygens (including phenoxy) is 2. The van der Waals surface area contributed by atoms with E-state index >= 15 is 35.1 Å². The Kier molecular flexibility index (Phi) is 27.3. The van der Waals surface area contributed by atoms with Crippen LogP contribution in [-0.2, 0) is 29.0 Å². The summed E-state index contributed by atoms with van der Waals surface area (Å²) in [6.07, 6.45) is 0. The minimum Gasteiger partial charge on any atom is -1.00 e. The molecule has 454 valence electrons. The molecule has 10 aromatic carbocycles. The smallest absolute Gasteiger partial charge is 1.00 e. The fourth-order valence-electron chi connectivity index (χ4n) is 9.40. The molecule has 0 aliphatic rings. The molecule has 0 spiro atoms. The van der Waals surface area contributed by atoms with Crippen molar-refractivity contribution in [1.29, 1.82) is 0 Å². The molecule has 0 aliphatic carbocycles. The van der Waals surface area contributed by atoms with E-state index in [-0.39, 0.29) is 56.7 Å². The van der Waals surface area contributed by atoms with Crippen molar-refractivity contribution in [2.45, 2.75) is 0 Å². The first-order valence-corrected chi connectivity index (χ1v) is 32.7. The van der Waals surface area contributed by atoms with E-state index in [1.165, 1.54) is 0 Å². The molecule has 0 radical (unpaired) electrons. The SMILES string of the molecule is COC(=O)c1c(F)c(F)c(N=P(CP(c2ccccc2)c2ccccc2)(c2ccccc2)c2ccccc2)c(F)c1F.COC(=O)c1c(F)c(F)c(N=P(CP(c2ccccc2)c2ccccc2)(c2ccccc2)c2ccccc2)c(F)c1F.[Cl-].[Cl-].[Cl-].[Rh+3]. The van der Waals surface area contributed by atoms with Crippen LogP contribution in [0.2, 0.25) is 0 Å². The van der Waals surface area contributed by atoms with Crippen LogP contribution >= 0.6 is 30.0 Å². The number of esters is 2. The van der Waals surface area contributed by atoms with Crippen LogP contribution in [-0.4, -0.2) is 38.0 Å². The van der Waals surface area contributed by atoms with Gasteiger partial charge in [0.2, 0.25) is 0 Å². The average molecular weight is 1420 g/mol. The minimum absolute atomic E-state index is 0. The molecule has 10 rings (SSSR count). The molecule has 0 saturated carbocycles. The Morgan fingerprint density at radius 2 is 0.511 bits per heavy atom. The van der Waals surface area contributed by atoms with Gasteiger partial charge >= 0.3 is 31.4 Å². The summed E-state index contributed by atoms with van der Waals surface area (Å²) in [5.41, 5.74) is -5.08. The van der Waals surface area contributed by atoms with Crippen molar-refractivity contribution in [2.24, 2.45) is 9.49 Å². The van der Waals surface area contributed by atoms with E-state index in [4.69, 9.17) is 9.49 Å². The Labute approximate surface area is 538 Å². The summed E-state index contributed by atoms with van der Waals surface area (Å²) >= 11 is 0. The van der Waals surface area contributed by atoms with E-state index in [0.29, 0.717) is 33.0 Å². The first kappa shape index (κ1) is 72.1. The number of hydrogen-bond donors (Lipinski definition) is 0. The second-order valence-electron chi connectivity index (χ2n) is 18.5. The van der Waals surface area contributed by atoms with Crippen LogP contribution in [0.3, 0.4) is 0 Å². The second-order valence-corrected chi connectivity index (χ2v) is 30.1. The molecule has 0 aromatic heterocycles. The minimum atomic E-state index is -3.22. The molecule has 0 fully saturated rings. The predicted molar refractivity (Wildman–Crippen MR) is 325 cm³/mol. The first-order valence-electron chi connectivity index (χ1n) is 25.8. The molecule has 0 saturated heterocycles. The van der Waals surface area contributed by atoms with Gasteiger partial charge in [-0.05, 0) is 58.3 Å². The van der Waals surface area contributed by atoms with Gasteiger partial charge in [-0.2, -0.15) is 0 Å². The molecular formula is C66H50Cl3F8N2O4P4Rh. The maximum absolute atomic E-state index is 15.7. The Balaban J connectivity index is 0.000000307. The van der Waals surface area contributed by atoms with Crippen LogP contribution in [0.1, 0.15) is 20.7 Å². The topological polar surface area (TPSA) is 77.3 Å². The van der Waals surface area contributed by atoms with Crippen LogP contribution in [0.25, 0.3) is 0 Å². The van der Waals surface area contributed by atoms with Crippen molar-refractivity contribution in [1.82, 2.24) is 0 Å². The summed E-state index contributed by atoms with van der Waals surface area (Å²) in [6, 6.07) is 75.1. The van der Waals surface area contributed by atoms with Gasteiger partial charge in [-0.1, -0.05) is 243 Å². The predicted octanol–water partition coefficient (Wildman–Crippen LogP) is 6.22. The Morgan fingerprint density at radius 1 is 0.330 bits per heavy atom. The molecule has 22 heteroatoms. The number of carbonyl (C=O) groups excluding carboxylic acids is 2. The molecule has 0 bridgehead atoms. The van der Waals surface area contributed by atoms with Crippen molar-refractivity contribution < 1.29 is 111 Å². The third-order valence-corrected chi connectivity index (χ3v) is 28.4. The van der Waals surface area contributed by atoms with Crippen molar-refractivity contribution >= 4 is 95.7 Å². The summed E-state index contributed by atoms with van der Waals surface area (Å²) in [4.78, 5) is 24.0. The van der Waals surface area contributed by atoms with Gasteiger partial charge in [-0.15, -0.1) is 0 Å². The number of carbonyl (C=O) groups is 2. The zero-order valence-corrected chi connectivity index (χ0v) is 53.8. The molecule has 0 heterocycles. The van der Waals surface area contributed by atoms with Crippen LogP contribution in [0.15, 0.2) is 252 Å². The second kappa shape index (κ2) is 33.3. The molecule has 10 aromatic rings. The Bertz CT molecular complexity index is 3570. The summed E-state index contributed by atoms with van der Waals surface area (Å²) in [7, 11) is -7.09. The van der Waals surface area contributed by atoms with E-state index in [1.54, 1.807) is 48.5 Å². The molecule has 0 N–H and O–H groups in total. The molecule has 0 atom stereocenters. The normalized spacial score (nSPS) is 10.9. The number of methoxy groups -OCH3 is 2. The van der Waals surface area contributed by atoms with Gasteiger partial charge in [0.1, 0.15) is 22.5 Å². The zero-order valence-electron chi connectivity index (χ0n) is 46.3. The van der Waals surface area contributed by atoms with Crippen LogP contribution in [0.5, 0.6) is 0 Å². The van der Waals surface area contributed by atoms with Crippen LogP contribution in [0, 0.1) is 46.5 Å². The zero-order chi connectivity index (χ0) is 59.4. The van der Waals surface area contributed by atoms with Gasteiger partial charge in [0.05, 0.1) is 14.2 Å². The molecule has 0 aliphatic heterocycles. The number of hydrogen-bond acceptors (Lipinski definition) is 6. The summed E-state index contributed by atoms with van der Waals surface area (Å²) in [5, 5.41) is 6.71. The van der Waals surface area contributed by atoms with E-state index < -0.39 is 111 Å². The molecule has 0 unspecified atom stereocenters. The van der Waals surface area contributed by atoms with Gasteiger partial charge in [-0.25, -0.2) is 44.7 Å². The van der Waals surface area contributed by atoms with Gasteiger partial charge in [0, 0.05) is 25.9 Å². The number of halogens is 11. The van der Waals surface area contributed by atoms with E-state index in [0.717, 1.165) is 35.4 Å². The van der Waals surface area contributed by atoms with E-state index in [1.807, 2.05) is 194 Å². The molecule has 6 nitrogen and oxygen atoms in total.